The summed E-state index contributed by atoms with van der Waals surface area (Å²) in [7, 11) is 0. The molecule has 124 valence electrons. The molecule has 1 atom stereocenters. The van der Waals surface area contributed by atoms with E-state index in [2.05, 4.69) is 16.3 Å². The van der Waals surface area contributed by atoms with Crippen LogP contribution < -0.4 is 5.32 Å². The number of hydrogen-bond acceptors (Lipinski definition) is 5. The SMILES string of the molecule is CC(C(=O)Nc1sc2c(c1C#N)CCCCC2)N1CCOCC1. The van der Waals surface area contributed by atoms with Crippen molar-refractivity contribution in [1.29, 1.82) is 5.26 Å². The highest BCUT2D eigenvalue weighted by molar-refractivity contribution is 7.16. The molecule has 1 aliphatic carbocycles. The number of rotatable bonds is 3. The van der Waals surface area contributed by atoms with Crippen molar-refractivity contribution in [1.82, 2.24) is 4.90 Å². The van der Waals surface area contributed by atoms with Crippen LogP contribution in [-0.2, 0) is 22.4 Å². The third-order valence-corrected chi connectivity index (χ3v) is 5.95. The van der Waals surface area contributed by atoms with Crippen molar-refractivity contribution in [3.8, 4) is 6.07 Å². The molecule has 0 bridgehead atoms. The fourth-order valence-corrected chi connectivity index (χ4v) is 4.54. The number of nitriles is 1. The Morgan fingerprint density at radius 1 is 1.30 bits per heavy atom. The number of aryl methyl sites for hydroxylation is 1. The Morgan fingerprint density at radius 3 is 2.78 bits per heavy atom. The first-order valence-electron chi connectivity index (χ1n) is 8.38. The van der Waals surface area contributed by atoms with E-state index in [4.69, 9.17) is 4.74 Å². The molecule has 1 amide bonds. The Morgan fingerprint density at radius 2 is 2.04 bits per heavy atom. The Labute approximate surface area is 141 Å². The molecule has 1 saturated heterocycles. The summed E-state index contributed by atoms with van der Waals surface area (Å²) < 4.78 is 5.34. The number of morpholine rings is 1. The molecule has 1 fully saturated rings. The molecule has 1 unspecified atom stereocenters. The minimum Gasteiger partial charge on any atom is -0.379 e. The van der Waals surface area contributed by atoms with Crippen molar-refractivity contribution in [2.24, 2.45) is 0 Å². The Hall–Kier alpha value is -1.42. The number of nitrogens with one attached hydrogen (secondary N) is 1. The molecule has 1 aliphatic heterocycles. The van der Waals surface area contributed by atoms with Gasteiger partial charge in [0.2, 0.25) is 5.91 Å². The summed E-state index contributed by atoms with van der Waals surface area (Å²) in [5.41, 5.74) is 1.86. The Kier molecular flexibility index (Phi) is 5.31. The number of nitrogens with zero attached hydrogens (tertiary/aromatic N) is 2. The first-order valence-corrected chi connectivity index (χ1v) is 9.19. The van der Waals surface area contributed by atoms with Gasteiger partial charge >= 0.3 is 0 Å². The highest BCUT2D eigenvalue weighted by atomic mass is 32.1. The number of fused-ring (bicyclic) bond motifs is 1. The van der Waals surface area contributed by atoms with Gasteiger partial charge in [0.1, 0.15) is 11.1 Å². The van der Waals surface area contributed by atoms with Crippen molar-refractivity contribution in [3.05, 3.63) is 16.0 Å². The van der Waals surface area contributed by atoms with Gasteiger partial charge in [-0.1, -0.05) is 6.42 Å². The van der Waals surface area contributed by atoms with E-state index in [1.165, 1.54) is 23.3 Å². The number of thiophene rings is 1. The van der Waals surface area contributed by atoms with Gasteiger partial charge in [-0.05, 0) is 38.2 Å². The minimum absolute atomic E-state index is 0.0280. The van der Waals surface area contributed by atoms with E-state index >= 15 is 0 Å². The summed E-state index contributed by atoms with van der Waals surface area (Å²) in [5.74, 6) is -0.0280. The fourth-order valence-electron chi connectivity index (χ4n) is 3.30. The van der Waals surface area contributed by atoms with Crippen LogP contribution in [0.15, 0.2) is 0 Å². The lowest BCUT2D eigenvalue weighted by Crippen LogP contribution is -2.47. The van der Waals surface area contributed by atoms with E-state index in [0.717, 1.165) is 37.4 Å². The lowest BCUT2D eigenvalue weighted by atomic mass is 10.1. The van der Waals surface area contributed by atoms with Crippen LogP contribution in [-0.4, -0.2) is 43.2 Å². The molecular weight excluding hydrogens is 310 g/mol. The number of ether oxygens (including phenoxy) is 1. The van der Waals surface area contributed by atoms with E-state index < -0.39 is 0 Å². The van der Waals surface area contributed by atoms with E-state index in [1.807, 2.05) is 6.92 Å². The Balaban J connectivity index is 1.74. The zero-order valence-electron chi connectivity index (χ0n) is 13.6. The maximum atomic E-state index is 12.6. The number of hydrogen-bond donors (Lipinski definition) is 1. The molecule has 0 saturated carbocycles. The summed E-state index contributed by atoms with van der Waals surface area (Å²) in [6.07, 6.45) is 5.53. The lowest BCUT2D eigenvalue weighted by molar-refractivity contribution is -0.122. The van der Waals surface area contributed by atoms with Gasteiger partial charge in [0.25, 0.3) is 0 Å². The topological polar surface area (TPSA) is 65.4 Å². The summed E-state index contributed by atoms with van der Waals surface area (Å²) in [4.78, 5) is 16.0. The minimum atomic E-state index is -0.202. The molecule has 0 aromatic carbocycles. The van der Waals surface area contributed by atoms with Gasteiger partial charge in [0, 0.05) is 18.0 Å². The van der Waals surface area contributed by atoms with Crippen LogP contribution in [0.5, 0.6) is 0 Å². The van der Waals surface area contributed by atoms with Crippen LogP contribution in [0.2, 0.25) is 0 Å². The predicted molar refractivity (Wildman–Crippen MR) is 90.8 cm³/mol. The van der Waals surface area contributed by atoms with Gasteiger partial charge in [-0.25, -0.2) is 0 Å². The van der Waals surface area contributed by atoms with Crippen LogP contribution in [0.1, 0.15) is 42.2 Å². The van der Waals surface area contributed by atoms with Gasteiger partial charge in [-0.15, -0.1) is 11.3 Å². The number of carbonyl (C=O) groups excluding carboxylic acids is 1. The molecule has 1 aromatic heterocycles. The second-order valence-corrected chi connectivity index (χ2v) is 7.30. The van der Waals surface area contributed by atoms with Crippen molar-refractivity contribution in [3.63, 3.8) is 0 Å². The van der Waals surface area contributed by atoms with Gasteiger partial charge in [0.15, 0.2) is 0 Å². The van der Waals surface area contributed by atoms with Gasteiger partial charge < -0.3 is 10.1 Å². The van der Waals surface area contributed by atoms with Crippen LogP contribution in [0.3, 0.4) is 0 Å². The van der Waals surface area contributed by atoms with E-state index in [9.17, 15) is 10.1 Å². The average Bonchev–Trinajstić information content (AvgIpc) is 2.74. The molecule has 0 radical (unpaired) electrons. The molecule has 0 spiro atoms. The van der Waals surface area contributed by atoms with Crippen LogP contribution in [0.25, 0.3) is 0 Å². The summed E-state index contributed by atoms with van der Waals surface area (Å²) >= 11 is 1.59. The third-order valence-electron chi connectivity index (χ3n) is 4.74. The van der Waals surface area contributed by atoms with Crippen LogP contribution in [0.4, 0.5) is 5.00 Å². The molecule has 3 rings (SSSR count). The molecular formula is C17H23N3O2S. The molecule has 1 aromatic rings. The number of anilines is 1. The van der Waals surface area contributed by atoms with Crippen molar-refractivity contribution < 1.29 is 9.53 Å². The highest BCUT2D eigenvalue weighted by Crippen LogP contribution is 2.37. The summed E-state index contributed by atoms with van der Waals surface area (Å²) in [6, 6.07) is 2.12. The van der Waals surface area contributed by atoms with Crippen molar-refractivity contribution in [2.75, 3.05) is 31.6 Å². The van der Waals surface area contributed by atoms with Crippen LogP contribution >= 0.6 is 11.3 Å². The van der Waals surface area contributed by atoms with Crippen molar-refractivity contribution in [2.45, 2.75) is 45.1 Å². The average molecular weight is 333 g/mol. The second kappa shape index (κ2) is 7.43. The first kappa shape index (κ1) is 16.4. The normalized spacial score (nSPS) is 20.2. The van der Waals surface area contributed by atoms with Gasteiger partial charge in [-0.3, -0.25) is 9.69 Å². The van der Waals surface area contributed by atoms with Gasteiger partial charge in [0.05, 0.1) is 24.8 Å². The molecule has 6 heteroatoms. The lowest BCUT2D eigenvalue weighted by Gasteiger charge is -2.31. The second-order valence-electron chi connectivity index (χ2n) is 6.19. The van der Waals surface area contributed by atoms with Crippen LogP contribution in [0, 0.1) is 11.3 Å². The monoisotopic (exact) mass is 333 g/mol. The van der Waals surface area contributed by atoms with E-state index in [1.54, 1.807) is 11.3 Å². The number of amides is 1. The summed E-state index contributed by atoms with van der Waals surface area (Å²) in [6.45, 7) is 4.83. The number of carbonyl (C=O) groups is 1. The van der Waals surface area contributed by atoms with Gasteiger partial charge in [-0.2, -0.15) is 5.26 Å². The maximum Gasteiger partial charge on any atom is 0.242 e. The zero-order chi connectivity index (χ0) is 16.2. The quantitative estimate of drug-likeness (QED) is 0.863. The fraction of sp³-hybridized carbons (Fsp3) is 0.647. The first-order chi connectivity index (χ1) is 11.2. The standard InChI is InChI=1S/C17H23N3O2S/c1-12(20-7-9-22-10-8-20)16(21)19-17-14(11-18)13-5-3-2-4-6-15(13)23-17/h12H,2-10H2,1H3,(H,19,21). The highest BCUT2D eigenvalue weighted by Gasteiger charge is 2.26. The third kappa shape index (κ3) is 3.57. The molecule has 1 N–H and O–H groups in total. The Bertz CT molecular complexity index is 614. The molecule has 5 nitrogen and oxygen atoms in total. The molecule has 23 heavy (non-hydrogen) atoms. The molecule has 2 aliphatic rings. The largest absolute Gasteiger partial charge is 0.379 e. The van der Waals surface area contributed by atoms with Crippen molar-refractivity contribution >= 4 is 22.2 Å². The van der Waals surface area contributed by atoms with E-state index in [-0.39, 0.29) is 11.9 Å². The molecule has 2 heterocycles. The zero-order valence-corrected chi connectivity index (χ0v) is 14.4. The maximum absolute atomic E-state index is 12.6. The summed E-state index contributed by atoms with van der Waals surface area (Å²) in [5, 5.41) is 13.3. The van der Waals surface area contributed by atoms with E-state index in [0.29, 0.717) is 18.8 Å². The smallest absolute Gasteiger partial charge is 0.242 e. The predicted octanol–water partition coefficient (Wildman–Crippen LogP) is 2.55.